The molecule has 1 aromatic carbocycles. The Bertz CT molecular complexity index is 691. The molecule has 6 heteroatoms. The predicted molar refractivity (Wildman–Crippen MR) is 89.2 cm³/mol. The molecule has 23 heavy (non-hydrogen) atoms. The third-order valence-corrected chi connectivity index (χ3v) is 3.26. The Morgan fingerprint density at radius 2 is 2.00 bits per heavy atom. The van der Waals surface area contributed by atoms with Gasteiger partial charge in [-0.2, -0.15) is 5.26 Å². The zero-order chi connectivity index (χ0) is 16.5. The second-order valence-electron chi connectivity index (χ2n) is 5.07. The maximum absolute atomic E-state index is 12.2. The van der Waals surface area contributed by atoms with E-state index in [0.29, 0.717) is 22.8 Å². The highest BCUT2D eigenvalue weighted by atomic mass is 16.1. The molecule has 6 nitrogen and oxygen atoms in total. The highest BCUT2D eigenvalue weighted by molar-refractivity contribution is 6.03. The summed E-state index contributed by atoms with van der Waals surface area (Å²) in [6.07, 6.45) is 4.75. The topological polar surface area (TPSA) is 90.7 Å². The average molecular weight is 309 g/mol. The van der Waals surface area contributed by atoms with Gasteiger partial charge in [0.15, 0.2) is 0 Å². The molecular formula is C17H19N5O. The van der Waals surface area contributed by atoms with Crippen LogP contribution in [0.3, 0.4) is 0 Å². The largest absolute Gasteiger partial charge is 0.370 e. The molecule has 1 aromatic heterocycles. The monoisotopic (exact) mass is 309 g/mol. The lowest BCUT2D eigenvalue weighted by Crippen LogP contribution is -2.15. The first-order valence-corrected chi connectivity index (χ1v) is 7.60. The Morgan fingerprint density at radius 3 is 2.70 bits per heavy atom. The molecule has 0 aliphatic rings. The highest BCUT2D eigenvalue weighted by Gasteiger charge is 2.09. The van der Waals surface area contributed by atoms with Gasteiger partial charge in [-0.1, -0.05) is 19.8 Å². The van der Waals surface area contributed by atoms with Gasteiger partial charge in [-0.05, 0) is 30.7 Å². The summed E-state index contributed by atoms with van der Waals surface area (Å²) in [5.74, 6) is 0.329. The molecule has 2 rings (SSSR count). The lowest BCUT2D eigenvalue weighted by molar-refractivity contribution is 0.102. The number of nitrogens with zero attached hydrogens (tertiary/aromatic N) is 3. The number of nitriles is 1. The third kappa shape index (κ3) is 5.08. The van der Waals surface area contributed by atoms with Crippen LogP contribution in [0.5, 0.6) is 0 Å². The number of unbranched alkanes of at least 4 members (excludes halogenated alkanes) is 2. The van der Waals surface area contributed by atoms with Crippen molar-refractivity contribution in [3.05, 3.63) is 47.9 Å². The molecule has 118 valence electrons. The van der Waals surface area contributed by atoms with Gasteiger partial charge in [0.1, 0.15) is 17.8 Å². The second-order valence-corrected chi connectivity index (χ2v) is 5.07. The first-order valence-electron chi connectivity index (χ1n) is 7.60. The molecule has 0 unspecified atom stereocenters. The summed E-state index contributed by atoms with van der Waals surface area (Å²) in [4.78, 5) is 20.3. The van der Waals surface area contributed by atoms with E-state index in [-0.39, 0.29) is 5.91 Å². The number of hydrogen-bond acceptors (Lipinski definition) is 5. The van der Waals surface area contributed by atoms with Crippen LogP contribution in [0.2, 0.25) is 0 Å². The number of aromatic nitrogens is 2. The van der Waals surface area contributed by atoms with Crippen molar-refractivity contribution in [3.63, 3.8) is 0 Å². The number of amides is 1. The molecule has 1 amide bonds. The van der Waals surface area contributed by atoms with Crippen LogP contribution in [0.1, 0.15) is 42.2 Å². The first-order chi connectivity index (χ1) is 11.2. The fourth-order valence-corrected chi connectivity index (χ4v) is 1.99. The van der Waals surface area contributed by atoms with E-state index in [2.05, 4.69) is 27.5 Å². The Labute approximate surface area is 135 Å². The van der Waals surface area contributed by atoms with Crippen molar-refractivity contribution >= 4 is 17.4 Å². The fraction of sp³-hybridized carbons (Fsp3) is 0.294. The number of nitrogens with one attached hydrogen (secondary N) is 2. The number of rotatable bonds is 7. The van der Waals surface area contributed by atoms with Gasteiger partial charge in [-0.3, -0.25) is 4.79 Å². The van der Waals surface area contributed by atoms with E-state index in [9.17, 15) is 4.79 Å². The van der Waals surface area contributed by atoms with E-state index in [4.69, 9.17) is 5.26 Å². The molecule has 2 aromatic rings. The van der Waals surface area contributed by atoms with Gasteiger partial charge in [0, 0.05) is 18.3 Å². The standard InChI is InChI=1S/C17H19N5O/c1-2-3-4-9-19-16-10-15(20-12-21-16)17(23)22-14-7-5-13(11-18)6-8-14/h5-8,10,12H,2-4,9H2,1H3,(H,22,23)(H,19,20,21). The zero-order valence-corrected chi connectivity index (χ0v) is 13.0. The van der Waals surface area contributed by atoms with Crippen LogP contribution in [-0.2, 0) is 0 Å². The number of carbonyl (C=O) groups is 1. The van der Waals surface area contributed by atoms with Gasteiger partial charge in [0.2, 0.25) is 0 Å². The highest BCUT2D eigenvalue weighted by Crippen LogP contribution is 2.11. The summed E-state index contributed by atoms with van der Waals surface area (Å²) in [6, 6.07) is 10.3. The number of carbonyl (C=O) groups excluding carboxylic acids is 1. The second kappa shape index (κ2) is 8.49. The summed E-state index contributed by atoms with van der Waals surface area (Å²) in [5.41, 5.74) is 1.45. The Hall–Kier alpha value is -2.94. The van der Waals surface area contributed by atoms with Crippen LogP contribution in [0.4, 0.5) is 11.5 Å². The SMILES string of the molecule is CCCCCNc1cc(C(=O)Nc2ccc(C#N)cc2)ncn1. The van der Waals surface area contributed by atoms with Gasteiger partial charge in [0.25, 0.3) is 5.91 Å². The van der Waals surface area contributed by atoms with Crippen molar-refractivity contribution in [3.8, 4) is 6.07 Å². The summed E-state index contributed by atoms with van der Waals surface area (Å²) in [5, 5.41) is 14.7. The van der Waals surface area contributed by atoms with Crippen LogP contribution in [0, 0.1) is 11.3 Å². The smallest absolute Gasteiger partial charge is 0.274 e. The quantitative estimate of drug-likeness (QED) is 0.766. The van der Waals surface area contributed by atoms with Crippen LogP contribution in [0.15, 0.2) is 36.7 Å². The minimum atomic E-state index is -0.311. The molecule has 0 atom stereocenters. The third-order valence-electron chi connectivity index (χ3n) is 3.26. The molecule has 0 saturated heterocycles. The van der Waals surface area contributed by atoms with Gasteiger partial charge < -0.3 is 10.6 Å². The Kier molecular flexibility index (Phi) is 6.07. The molecule has 0 spiro atoms. The zero-order valence-electron chi connectivity index (χ0n) is 13.0. The van der Waals surface area contributed by atoms with Crippen molar-refractivity contribution in [2.24, 2.45) is 0 Å². The molecule has 2 N–H and O–H groups in total. The number of hydrogen-bond donors (Lipinski definition) is 2. The molecular weight excluding hydrogens is 290 g/mol. The molecule has 0 bridgehead atoms. The van der Waals surface area contributed by atoms with Crippen molar-refractivity contribution in [1.29, 1.82) is 5.26 Å². The van der Waals surface area contributed by atoms with Crippen molar-refractivity contribution in [2.75, 3.05) is 17.2 Å². The van der Waals surface area contributed by atoms with Crippen molar-refractivity contribution in [1.82, 2.24) is 9.97 Å². The summed E-state index contributed by atoms with van der Waals surface area (Å²) in [7, 11) is 0. The fourth-order valence-electron chi connectivity index (χ4n) is 1.99. The molecule has 0 radical (unpaired) electrons. The molecule has 0 aliphatic heterocycles. The summed E-state index contributed by atoms with van der Waals surface area (Å²) < 4.78 is 0. The van der Waals surface area contributed by atoms with E-state index in [1.807, 2.05) is 6.07 Å². The molecule has 1 heterocycles. The number of anilines is 2. The van der Waals surface area contributed by atoms with Crippen LogP contribution >= 0.6 is 0 Å². The predicted octanol–water partition coefficient (Wildman–Crippen LogP) is 3.20. The Balaban J connectivity index is 1.97. The van der Waals surface area contributed by atoms with Crippen molar-refractivity contribution < 1.29 is 4.79 Å². The molecule has 0 fully saturated rings. The van der Waals surface area contributed by atoms with Crippen LogP contribution < -0.4 is 10.6 Å². The van der Waals surface area contributed by atoms with Gasteiger partial charge in [-0.15, -0.1) is 0 Å². The van der Waals surface area contributed by atoms with Crippen molar-refractivity contribution in [2.45, 2.75) is 26.2 Å². The minimum absolute atomic E-state index is 0.294. The molecule has 0 saturated carbocycles. The lowest BCUT2D eigenvalue weighted by atomic mass is 10.2. The maximum atomic E-state index is 12.2. The molecule has 0 aliphatic carbocycles. The van der Waals surface area contributed by atoms with Crippen LogP contribution in [-0.4, -0.2) is 22.4 Å². The van der Waals surface area contributed by atoms with Gasteiger partial charge >= 0.3 is 0 Å². The van der Waals surface area contributed by atoms with E-state index >= 15 is 0 Å². The average Bonchev–Trinajstić information content (AvgIpc) is 2.60. The van der Waals surface area contributed by atoms with E-state index in [0.717, 1.165) is 25.8 Å². The van der Waals surface area contributed by atoms with Gasteiger partial charge in [0.05, 0.1) is 11.6 Å². The minimum Gasteiger partial charge on any atom is -0.370 e. The van der Waals surface area contributed by atoms with Crippen LogP contribution in [0.25, 0.3) is 0 Å². The first kappa shape index (κ1) is 16.4. The van der Waals surface area contributed by atoms with E-state index in [1.54, 1.807) is 30.3 Å². The summed E-state index contributed by atoms with van der Waals surface area (Å²) in [6.45, 7) is 2.97. The maximum Gasteiger partial charge on any atom is 0.274 e. The summed E-state index contributed by atoms with van der Waals surface area (Å²) >= 11 is 0. The van der Waals surface area contributed by atoms with E-state index in [1.165, 1.54) is 6.33 Å². The Morgan fingerprint density at radius 1 is 1.22 bits per heavy atom. The van der Waals surface area contributed by atoms with E-state index < -0.39 is 0 Å². The number of benzene rings is 1. The lowest BCUT2D eigenvalue weighted by Gasteiger charge is -2.07. The normalized spacial score (nSPS) is 9.91. The van der Waals surface area contributed by atoms with Gasteiger partial charge in [-0.25, -0.2) is 9.97 Å².